The standard InChI is InChI=1S/C14H14N2O2S3/c1-9-10(2)18-13(15-9)8-21(17)7-11-6-20-14(16-11)12-4-3-5-19-12/h3-6H,7-8H2,1-2H3. The molecular weight excluding hydrogens is 324 g/mol. The summed E-state index contributed by atoms with van der Waals surface area (Å²) in [6.07, 6.45) is 0. The Bertz CT molecular complexity index is 740. The van der Waals surface area contributed by atoms with Gasteiger partial charge in [0, 0.05) is 16.2 Å². The zero-order chi connectivity index (χ0) is 14.8. The van der Waals surface area contributed by atoms with Gasteiger partial charge in [-0.05, 0) is 25.3 Å². The predicted octanol–water partition coefficient (Wildman–Crippen LogP) is 3.93. The Balaban J connectivity index is 1.65. The summed E-state index contributed by atoms with van der Waals surface area (Å²) in [5.74, 6) is 2.09. The van der Waals surface area contributed by atoms with Gasteiger partial charge in [-0.3, -0.25) is 4.21 Å². The molecule has 1 unspecified atom stereocenters. The van der Waals surface area contributed by atoms with E-state index >= 15 is 0 Å². The van der Waals surface area contributed by atoms with Crippen molar-refractivity contribution in [3.8, 4) is 9.88 Å². The van der Waals surface area contributed by atoms with Crippen molar-refractivity contribution in [3.63, 3.8) is 0 Å². The van der Waals surface area contributed by atoms with Crippen molar-refractivity contribution in [3.05, 3.63) is 45.9 Å². The van der Waals surface area contributed by atoms with Crippen LogP contribution in [0, 0.1) is 13.8 Å². The highest BCUT2D eigenvalue weighted by molar-refractivity contribution is 7.83. The van der Waals surface area contributed by atoms with Crippen LogP contribution in [0.2, 0.25) is 0 Å². The average Bonchev–Trinajstić information content (AvgIpc) is 3.12. The van der Waals surface area contributed by atoms with Gasteiger partial charge in [0.05, 0.1) is 22.0 Å². The number of rotatable bonds is 5. The number of hydrogen-bond donors (Lipinski definition) is 0. The van der Waals surface area contributed by atoms with Crippen molar-refractivity contribution < 1.29 is 8.63 Å². The monoisotopic (exact) mass is 338 g/mol. The van der Waals surface area contributed by atoms with E-state index < -0.39 is 10.8 Å². The van der Waals surface area contributed by atoms with Crippen molar-refractivity contribution in [2.24, 2.45) is 0 Å². The fraction of sp³-hybridized carbons (Fsp3) is 0.286. The van der Waals surface area contributed by atoms with E-state index in [9.17, 15) is 4.21 Å². The lowest BCUT2D eigenvalue weighted by Crippen LogP contribution is -2.00. The molecule has 0 aromatic carbocycles. The van der Waals surface area contributed by atoms with Gasteiger partial charge in [0.15, 0.2) is 0 Å². The molecule has 3 heterocycles. The normalized spacial score (nSPS) is 12.7. The van der Waals surface area contributed by atoms with E-state index in [2.05, 4.69) is 9.97 Å². The molecule has 0 saturated carbocycles. The summed E-state index contributed by atoms with van der Waals surface area (Å²) in [6.45, 7) is 3.75. The summed E-state index contributed by atoms with van der Waals surface area (Å²) < 4.78 is 17.6. The maximum absolute atomic E-state index is 12.2. The molecule has 3 rings (SSSR count). The first kappa shape index (κ1) is 14.6. The molecule has 4 nitrogen and oxygen atoms in total. The van der Waals surface area contributed by atoms with E-state index in [1.54, 1.807) is 22.7 Å². The molecule has 110 valence electrons. The molecule has 0 N–H and O–H groups in total. The van der Waals surface area contributed by atoms with Gasteiger partial charge in [-0.2, -0.15) is 0 Å². The summed E-state index contributed by atoms with van der Waals surface area (Å²) in [5, 5.41) is 4.99. The van der Waals surface area contributed by atoms with Crippen LogP contribution < -0.4 is 0 Å². The second kappa shape index (κ2) is 6.21. The minimum Gasteiger partial charge on any atom is -0.445 e. The average molecular weight is 338 g/mol. The molecule has 0 spiro atoms. The number of thiazole rings is 1. The maximum atomic E-state index is 12.2. The summed E-state index contributed by atoms with van der Waals surface area (Å²) >= 11 is 3.25. The molecule has 7 heteroatoms. The van der Waals surface area contributed by atoms with Crippen LogP contribution in [-0.4, -0.2) is 14.2 Å². The molecule has 0 aliphatic rings. The largest absolute Gasteiger partial charge is 0.445 e. The van der Waals surface area contributed by atoms with Crippen LogP contribution in [0.4, 0.5) is 0 Å². The lowest BCUT2D eigenvalue weighted by molar-refractivity contribution is 0.487. The molecular formula is C14H14N2O2S3. The van der Waals surface area contributed by atoms with Crippen molar-refractivity contribution in [1.82, 2.24) is 9.97 Å². The molecule has 1 atom stereocenters. The number of nitrogens with zero attached hydrogens (tertiary/aromatic N) is 2. The van der Waals surface area contributed by atoms with Gasteiger partial charge in [-0.1, -0.05) is 6.07 Å². The highest BCUT2D eigenvalue weighted by Crippen LogP contribution is 2.28. The molecule has 0 aliphatic carbocycles. The fourth-order valence-corrected chi connectivity index (χ4v) is 4.56. The topological polar surface area (TPSA) is 56.0 Å². The second-order valence-electron chi connectivity index (χ2n) is 4.60. The Kier molecular flexibility index (Phi) is 4.32. The van der Waals surface area contributed by atoms with E-state index in [4.69, 9.17) is 4.42 Å². The van der Waals surface area contributed by atoms with Crippen LogP contribution in [0.3, 0.4) is 0 Å². The Labute approximate surface area is 133 Å². The van der Waals surface area contributed by atoms with Crippen LogP contribution in [0.5, 0.6) is 0 Å². The van der Waals surface area contributed by atoms with Gasteiger partial charge in [0.2, 0.25) is 5.89 Å². The highest BCUT2D eigenvalue weighted by Gasteiger charge is 2.12. The number of thiophene rings is 1. The molecule has 0 radical (unpaired) electrons. The number of aromatic nitrogens is 2. The first-order chi connectivity index (χ1) is 10.1. The Morgan fingerprint density at radius 3 is 2.76 bits per heavy atom. The van der Waals surface area contributed by atoms with Crippen molar-refractivity contribution >= 4 is 33.5 Å². The van der Waals surface area contributed by atoms with Crippen LogP contribution >= 0.6 is 22.7 Å². The minimum atomic E-state index is -1.06. The summed E-state index contributed by atoms with van der Waals surface area (Å²) in [5.41, 5.74) is 1.72. The lowest BCUT2D eigenvalue weighted by Gasteiger charge is -1.96. The molecule has 0 amide bonds. The molecule has 3 aromatic rings. The van der Waals surface area contributed by atoms with E-state index in [-0.39, 0.29) is 0 Å². The second-order valence-corrected chi connectivity index (χ2v) is 7.86. The van der Waals surface area contributed by atoms with Gasteiger partial charge in [0.25, 0.3) is 0 Å². The molecule has 0 aliphatic heterocycles. The van der Waals surface area contributed by atoms with Crippen molar-refractivity contribution in [2.45, 2.75) is 25.4 Å². The van der Waals surface area contributed by atoms with Gasteiger partial charge in [0.1, 0.15) is 16.5 Å². The van der Waals surface area contributed by atoms with E-state index in [1.165, 1.54) is 0 Å². The van der Waals surface area contributed by atoms with Crippen LogP contribution in [0.1, 0.15) is 23.0 Å². The molecule has 21 heavy (non-hydrogen) atoms. The number of oxazole rings is 1. The van der Waals surface area contributed by atoms with Crippen LogP contribution in [0.25, 0.3) is 9.88 Å². The summed E-state index contributed by atoms with van der Waals surface area (Å²) in [7, 11) is -1.06. The lowest BCUT2D eigenvalue weighted by atomic mass is 10.4. The fourth-order valence-electron chi connectivity index (χ4n) is 1.84. The quantitative estimate of drug-likeness (QED) is 0.707. The summed E-state index contributed by atoms with van der Waals surface area (Å²) in [6, 6.07) is 4.05. The van der Waals surface area contributed by atoms with E-state index in [0.717, 1.165) is 27.0 Å². The van der Waals surface area contributed by atoms with Crippen molar-refractivity contribution in [1.29, 1.82) is 0 Å². The molecule has 0 fully saturated rings. The van der Waals surface area contributed by atoms with Gasteiger partial charge >= 0.3 is 0 Å². The van der Waals surface area contributed by atoms with Gasteiger partial charge in [-0.25, -0.2) is 9.97 Å². The number of hydrogen-bond acceptors (Lipinski definition) is 6. The molecule has 0 bridgehead atoms. The Morgan fingerprint density at radius 1 is 1.24 bits per heavy atom. The smallest absolute Gasteiger partial charge is 0.207 e. The van der Waals surface area contributed by atoms with Crippen LogP contribution in [-0.2, 0) is 22.3 Å². The third kappa shape index (κ3) is 3.48. The van der Waals surface area contributed by atoms with Crippen LogP contribution in [0.15, 0.2) is 27.3 Å². The van der Waals surface area contributed by atoms with E-state index in [0.29, 0.717) is 17.4 Å². The zero-order valence-electron chi connectivity index (χ0n) is 11.7. The van der Waals surface area contributed by atoms with Gasteiger partial charge < -0.3 is 4.42 Å². The first-order valence-electron chi connectivity index (χ1n) is 6.38. The SMILES string of the molecule is Cc1nc(CS(=O)Cc2csc(-c3cccs3)n2)oc1C. The Hall–Kier alpha value is -1.31. The minimum absolute atomic E-state index is 0.334. The third-order valence-corrected chi connectivity index (χ3v) is 6.07. The number of aryl methyl sites for hydroxylation is 2. The Morgan fingerprint density at radius 2 is 2.10 bits per heavy atom. The molecule has 3 aromatic heterocycles. The van der Waals surface area contributed by atoms with E-state index in [1.807, 2.05) is 36.7 Å². The third-order valence-electron chi connectivity index (χ3n) is 2.95. The highest BCUT2D eigenvalue weighted by atomic mass is 32.2. The zero-order valence-corrected chi connectivity index (χ0v) is 14.1. The van der Waals surface area contributed by atoms with Gasteiger partial charge in [-0.15, -0.1) is 22.7 Å². The maximum Gasteiger partial charge on any atom is 0.207 e. The molecule has 0 saturated heterocycles. The summed E-state index contributed by atoms with van der Waals surface area (Å²) in [4.78, 5) is 9.95. The predicted molar refractivity (Wildman–Crippen MR) is 87.0 cm³/mol. The first-order valence-corrected chi connectivity index (χ1v) is 9.62. The van der Waals surface area contributed by atoms with Crippen molar-refractivity contribution in [2.75, 3.05) is 0 Å².